The van der Waals surface area contributed by atoms with Crippen LogP contribution in [0.15, 0.2) is 30.3 Å². The summed E-state index contributed by atoms with van der Waals surface area (Å²) in [6, 6.07) is 9.33. The topological polar surface area (TPSA) is 29.5 Å². The fourth-order valence-electron chi connectivity index (χ4n) is 1.42. The van der Waals surface area contributed by atoms with Crippen LogP contribution in [0.4, 0.5) is 0 Å². The summed E-state index contributed by atoms with van der Waals surface area (Å²) >= 11 is 5.98. The van der Waals surface area contributed by atoms with Crippen LogP contribution in [0.25, 0.3) is 10.8 Å². The van der Waals surface area contributed by atoms with Crippen LogP contribution in [0.5, 0.6) is 11.5 Å². The minimum atomic E-state index is -0.00660. The second-order valence-corrected chi connectivity index (χ2v) is 3.34. The quantitative estimate of drug-likeness (QED) is 0.780. The Kier molecular flexibility index (Phi) is 2.22. The van der Waals surface area contributed by atoms with E-state index >= 15 is 0 Å². The molecule has 0 unspecified atom stereocenters. The van der Waals surface area contributed by atoms with Gasteiger partial charge in [0.15, 0.2) is 11.5 Å². The molecule has 0 amide bonds. The Morgan fingerprint density at radius 1 is 1.29 bits per heavy atom. The Bertz CT molecular complexity index is 480. The summed E-state index contributed by atoms with van der Waals surface area (Å²) in [6.45, 7) is 0. The Labute approximate surface area is 86.7 Å². The van der Waals surface area contributed by atoms with E-state index in [1.165, 1.54) is 7.11 Å². The van der Waals surface area contributed by atoms with Gasteiger partial charge in [-0.2, -0.15) is 0 Å². The number of benzene rings is 2. The molecule has 1 N–H and O–H groups in total. The standard InChI is InChI=1S/C11H9ClO2/c1-14-9-6-7-4-2-3-5-8(7)10(12)11(9)13/h2-6,13H,1H3. The van der Waals surface area contributed by atoms with Crippen LogP contribution in [-0.4, -0.2) is 12.2 Å². The van der Waals surface area contributed by atoms with Crippen molar-refractivity contribution in [2.45, 2.75) is 0 Å². The lowest BCUT2D eigenvalue weighted by atomic mass is 10.1. The molecule has 0 aromatic heterocycles. The van der Waals surface area contributed by atoms with E-state index in [0.29, 0.717) is 10.8 Å². The van der Waals surface area contributed by atoms with E-state index in [4.69, 9.17) is 16.3 Å². The second kappa shape index (κ2) is 3.39. The van der Waals surface area contributed by atoms with E-state index in [0.717, 1.165) is 10.8 Å². The highest BCUT2D eigenvalue weighted by Gasteiger charge is 2.10. The molecule has 0 fully saturated rings. The maximum atomic E-state index is 9.64. The smallest absolute Gasteiger partial charge is 0.177 e. The number of rotatable bonds is 1. The number of fused-ring (bicyclic) bond motifs is 1. The Morgan fingerprint density at radius 2 is 2.00 bits per heavy atom. The van der Waals surface area contributed by atoms with E-state index in [9.17, 15) is 5.11 Å². The average molecular weight is 209 g/mol. The number of phenols is 1. The van der Waals surface area contributed by atoms with E-state index in [1.54, 1.807) is 6.07 Å². The molecule has 0 bridgehead atoms. The second-order valence-electron chi connectivity index (χ2n) is 2.96. The highest BCUT2D eigenvalue weighted by molar-refractivity contribution is 6.37. The fourth-order valence-corrected chi connectivity index (χ4v) is 1.69. The van der Waals surface area contributed by atoms with Crippen LogP contribution in [0.3, 0.4) is 0 Å². The van der Waals surface area contributed by atoms with Gasteiger partial charge in [-0.3, -0.25) is 0 Å². The molecule has 2 nitrogen and oxygen atoms in total. The third-order valence-corrected chi connectivity index (χ3v) is 2.53. The molecule has 2 aromatic rings. The number of halogens is 1. The van der Waals surface area contributed by atoms with Crippen molar-refractivity contribution in [2.24, 2.45) is 0 Å². The van der Waals surface area contributed by atoms with Gasteiger partial charge in [0.1, 0.15) is 0 Å². The van der Waals surface area contributed by atoms with Gasteiger partial charge in [-0.15, -0.1) is 0 Å². The van der Waals surface area contributed by atoms with Gasteiger partial charge in [0.25, 0.3) is 0 Å². The van der Waals surface area contributed by atoms with Crippen molar-refractivity contribution in [3.8, 4) is 11.5 Å². The minimum absolute atomic E-state index is 0.00660. The van der Waals surface area contributed by atoms with Gasteiger partial charge in [-0.25, -0.2) is 0 Å². The summed E-state index contributed by atoms with van der Waals surface area (Å²) < 4.78 is 5.00. The van der Waals surface area contributed by atoms with E-state index in [-0.39, 0.29) is 5.75 Å². The number of hydrogen-bond donors (Lipinski definition) is 1. The third kappa shape index (κ3) is 1.28. The van der Waals surface area contributed by atoms with Crippen LogP contribution in [0.2, 0.25) is 5.02 Å². The molecule has 2 aromatic carbocycles. The Balaban J connectivity index is 2.85. The van der Waals surface area contributed by atoms with Gasteiger partial charge < -0.3 is 9.84 Å². The molecular formula is C11H9ClO2. The number of aromatic hydroxyl groups is 1. The van der Waals surface area contributed by atoms with Crippen LogP contribution < -0.4 is 4.74 Å². The predicted molar refractivity (Wildman–Crippen MR) is 57.2 cm³/mol. The van der Waals surface area contributed by atoms with Gasteiger partial charge >= 0.3 is 0 Å². The third-order valence-electron chi connectivity index (χ3n) is 2.15. The zero-order chi connectivity index (χ0) is 10.1. The lowest BCUT2D eigenvalue weighted by Crippen LogP contribution is -1.85. The summed E-state index contributed by atoms with van der Waals surface area (Å²) in [4.78, 5) is 0. The van der Waals surface area contributed by atoms with Gasteiger partial charge in [0, 0.05) is 5.39 Å². The average Bonchev–Trinajstić information content (AvgIpc) is 2.23. The van der Waals surface area contributed by atoms with E-state index in [2.05, 4.69) is 0 Å². The first-order chi connectivity index (χ1) is 6.74. The van der Waals surface area contributed by atoms with E-state index < -0.39 is 0 Å². The highest BCUT2D eigenvalue weighted by atomic mass is 35.5. The highest BCUT2D eigenvalue weighted by Crippen LogP contribution is 2.39. The summed E-state index contributed by atoms with van der Waals surface area (Å²) in [5.74, 6) is 0.390. The number of methoxy groups -OCH3 is 1. The first-order valence-electron chi connectivity index (χ1n) is 4.18. The van der Waals surface area contributed by atoms with E-state index in [1.807, 2.05) is 24.3 Å². The number of ether oxygens (including phenoxy) is 1. The monoisotopic (exact) mass is 208 g/mol. The lowest BCUT2D eigenvalue weighted by Gasteiger charge is -2.07. The molecule has 0 saturated carbocycles. The molecule has 0 aliphatic carbocycles. The van der Waals surface area contributed by atoms with Crippen LogP contribution in [0, 0.1) is 0 Å². The van der Waals surface area contributed by atoms with Gasteiger partial charge in [-0.1, -0.05) is 35.9 Å². The molecule has 3 heteroatoms. The fraction of sp³-hybridized carbons (Fsp3) is 0.0909. The van der Waals surface area contributed by atoms with Gasteiger partial charge in [0.05, 0.1) is 12.1 Å². The van der Waals surface area contributed by atoms with Crippen molar-refractivity contribution >= 4 is 22.4 Å². The summed E-state index contributed by atoms with van der Waals surface area (Å²) in [5.41, 5.74) is 0. The summed E-state index contributed by atoms with van der Waals surface area (Å²) in [6.07, 6.45) is 0. The molecule has 0 aliphatic rings. The molecule has 14 heavy (non-hydrogen) atoms. The van der Waals surface area contributed by atoms with Crippen LogP contribution >= 0.6 is 11.6 Å². The lowest BCUT2D eigenvalue weighted by molar-refractivity contribution is 0.374. The maximum absolute atomic E-state index is 9.64. The first kappa shape index (κ1) is 9.16. The molecule has 0 saturated heterocycles. The Morgan fingerprint density at radius 3 is 2.71 bits per heavy atom. The molecule has 72 valence electrons. The van der Waals surface area contributed by atoms with Crippen LogP contribution in [-0.2, 0) is 0 Å². The first-order valence-corrected chi connectivity index (χ1v) is 4.56. The number of hydrogen-bond acceptors (Lipinski definition) is 2. The van der Waals surface area contributed by atoms with Crippen molar-refractivity contribution in [3.63, 3.8) is 0 Å². The molecular weight excluding hydrogens is 200 g/mol. The summed E-state index contributed by atoms with van der Waals surface area (Å²) in [5, 5.41) is 11.7. The largest absolute Gasteiger partial charge is 0.503 e. The molecule has 0 spiro atoms. The molecule has 0 heterocycles. The Hall–Kier alpha value is -1.41. The molecule has 0 aliphatic heterocycles. The summed E-state index contributed by atoms with van der Waals surface area (Å²) in [7, 11) is 1.50. The number of phenolic OH excluding ortho intramolecular Hbond substituents is 1. The SMILES string of the molecule is COc1cc2ccccc2c(Cl)c1O. The van der Waals surface area contributed by atoms with Crippen molar-refractivity contribution in [3.05, 3.63) is 35.4 Å². The van der Waals surface area contributed by atoms with Crippen molar-refractivity contribution < 1.29 is 9.84 Å². The zero-order valence-corrected chi connectivity index (χ0v) is 8.38. The molecule has 0 atom stereocenters. The zero-order valence-electron chi connectivity index (χ0n) is 7.62. The van der Waals surface area contributed by atoms with Crippen molar-refractivity contribution in [2.75, 3.05) is 7.11 Å². The van der Waals surface area contributed by atoms with Crippen molar-refractivity contribution in [1.82, 2.24) is 0 Å². The van der Waals surface area contributed by atoms with Crippen LogP contribution in [0.1, 0.15) is 0 Å². The molecule has 0 radical (unpaired) electrons. The normalized spacial score (nSPS) is 10.4. The predicted octanol–water partition coefficient (Wildman–Crippen LogP) is 3.21. The van der Waals surface area contributed by atoms with Crippen molar-refractivity contribution in [1.29, 1.82) is 0 Å². The van der Waals surface area contributed by atoms with Gasteiger partial charge in [-0.05, 0) is 11.5 Å². The molecule has 2 rings (SSSR count). The maximum Gasteiger partial charge on any atom is 0.177 e. The van der Waals surface area contributed by atoms with Gasteiger partial charge in [0.2, 0.25) is 0 Å². The minimum Gasteiger partial charge on any atom is -0.503 e.